The van der Waals surface area contributed by atoms with Gasteiger partial charge >= 0.3 is 0 Å². The fourth-order valence-electron chi connectivity index (χ4n) is 0.980. The van der Waals surface area contributed by atoms with E-state index >= 15 is 0 Å². The summed E-state index contributed by atoms with van der Waals surface area (Å²) in [5.74, 6) is -0.0261. The lowest BCUT2D eigenvalue weighted by atomic mass is 10.1. The van der Waals surface area contributed by atoms with Crippen LogP contribution in [0.2, 0.25) is 0 Å². The zero-order valence-electron chi connectivity index (χ0n) is 6.30. The Labute approximate surface area is 74.5 Å². The molecule has 1 unspecified atom stereocenters. The molecule has 0 spiro atoms. The highest BCUT2D eigenvalue weighted by Gasteiger charge is 2.23. The first kappa shape index (κ1) is 8.53. The summed E-state index contributed by atoms with van der Waals surface area (Å²) < 4.78 is -0.354. The van der Waals surface area contributed by atoms with E-state index in [0.29, 0.717) is 0 Å². The molecule has 1 rings (SSSR count). The fraction of sp³-hybridized carbons (Fsp3) is 0.375. The van der Waals surface area contributed by atoms with Crippen molar-refractivity contribution in [3.63, 3.8) is 0 Å². The number of nitrogens with one attached hydrogen (secondary N) is 1. The smallest absolute Gasteiger partial charge is 0.218 e. The third-order valence-electron chi connectivity index (χ3n) is 1.41. The maximum absolute atomic E-state index is 10.7. The summed E-state index contributed by atoms with van der Waals surface area (Å²) in [6.07, 6.45) is 8.59. The fourth-order valence-corrected chi connectivity index (χ4v) is 1.60. The van der Waals surface area contributed by atoms with E-state index in [-0.39, 0.29) is 10.4 Å². The molecule has 0 aliphatic heterocycles. The van der Waals surface area contributed by atoms with Crippen LogP contribution in [0.1, 0.15) is 13.3 Å². The van der Waals surface area contributed by atoms with E-state index in [4.69, 9.17) is 0 Å². The van der Waals surface area contributed by atoms with Gasteiger partial charge in [0.15, 0.2) is 0 Å². The highest BCUT2D eigenvalue weighted by atomic mass is 79.9. The van der Waals surface area contributed by atoms with Gasteiger partial charge in [-0.05, 0) is 6.08 Å². The van der Waals surface area contributed by atoms with E-state index in [2.05, 4.69) is 21.2 Å². The Morgan fingerprint density at radius 2 is 2.36 bits per heavy atom. The normalized spacial score (nSPS) is 28.5. The zero-order valence-corrected chi connectivity index (χ0v) is 7.89. The standard InChI is InChI=1S/C8H10BrNO/c1-7(11)10-8(9)5-3-2-4-6-8/h2-5H,6H2,1H3,(H,10,11). The van der Waals surface area contributed by atoms with Crippen LogP contribution in [-0.2, 0) is 4.79 Å². The molecule has 1 atom stereocenters. The van der Waals surface area contributed by atoms with Gasteiger partial charge in [-0.25, -0.2) is 0 Å². The van der Waals surface area contributed by atoms with Crippen LogP contribution in [0.5, 0.6) is 0 Å². The molecule has 0 heterocycles. The molecule has 60 valence electrons. The predicted octanol–water partition coefficient (Wildman–Crippen LogP) is 1.73. The summed E-state index contributed by atoms with van der Waals surface area (Å²) >= 11 is 3.43. The topological polar surface area (TPSA) is 29.1 Å². The molecule has 0 aromatic heterocycles. The van der Waals surface area contributed by atoms with Gasteiger partial charge in [0.2, 0.25) is 5.91 Å². The quantitative estimate of drug-likeness (QED) is 0.524. The summed E-state index contributed by atoms with van der Waals surface area (Å²) in [6, 6.07) is 0. The molecule has 1 N–H and O–H groups in total. The number of carbonyl (C=O) groups is 1. The third-order valence-corrected chi connectivity index (χ3v) is 2.19. The van der Waals surface area contributed by atoms with E-state index in [0.717, 1.165) is 6.42 Å². The van der Waals surface area contributed by atoms with E-state index in [1.807, 2.05) is 24.3 Å². The molecule has 0 aromatic carbocycles. The second-order valence-corrected chi connectivity index (χ2v) is 3.95. The predicted molar refractivity (Wildman–Crippen MR) is 48.4 cm³/mol. The number of hydrogen-bond acceptors (Lipinski definition) is 1. The minimum absolute atomic E-state index is 0.0261. The van der Waals surface area contributed by atoms with Crippen LogP contribution in [0, 0.1) is 0 Å². The Hall–Kier alpha value is -0.570. The van der Waals surface area contributed by atoms with Gasteiger partial charge in [0.25, 0.3) is 0 Å². The van der Waals surface area contributed by atoms with Gasteiger partial charge in [0.05, 0.1) is 0 Å². The van der Waals surface area contributed by atoms with Gasteiger partial charge in [0, 0.05) is 13.3 Å². The number of carbonyl (C=O) groups excluding carboxylic acids is 1. The molecular formula is C8H10BrNO. The molecule has 0 saturated heterocycles. The van der Waals surface area contributed by atoms with Crippen LogP contribution in [0.15, 0.2) is 24.3 Å². The Morgan fingerprint density at radius 1 is 1.64 bits per heavy atom. The molecule has 0 saturated carbocycles. The number of allylic oxidation sites excluding steroid dienone is 2. The van der Waals surface area contributed by atoms with Gasteiger partial charge in [-0.3, -0.25) is 4.79 Å². The number of hydrogen-bond donors (Lipinski definition) is 1. The minimum atomic E-state index is -0.354. The summed E-state index contributed by atoms with van der Waals surface area (Å²) in [5.41, 5.74) is 0. The van der Waals surface area contributed by atoms with Gasteiger partial charge in [-0.1, -0.05) is 34.2 Å². The first-order valence-corrected chi connectivity index (χ1v) is 4.24. The molecule has 0 aromatic rings. The lowest BCUT2D eigenvalue weighted by Crippen LogP contribution is -2.40. The van der Waals surface area contributed by atoms with Gasteiger partial charge in [0.1, 0.15) is 4.45 Å². The molecule has 2 nitrogen and oxygen atoms in total. The molecule has 0 radical (unpaired) electrons. The summed E-state index contributed by atoms with van der Waals surface area (Å²) in [6.45, 7) is 1.51. The number of amides is 1. The maximum atomic E-state index is 10.7. The molecule has 3 heteroatoms. The van der Waals surface area contributed by atoms with E-state index in [9.17, 15) is 4.79 Å². The van der Waals surface area contributed by atoms with Crippen LogP contribution < -0.4 is 5.32 Å². The van der Waals surface area contributed by atoms with Crippen molar-refractivity contribution in [2.24, 2.45) is 0 Å². The molecule has 0 bridgehead atoms. The van der Waals surface area contributed by atoms with Crippen LogP contribution in [-0.4, -0.2) is 10.4 Å². The van der Waals surface area contributed by atoms with E-state index in [1.165, 1.54) is 6.92 Å². The van der Waals surface area contributed by atoms with Crippen LogP contribution in [0.3, 0.4) is 0 Å². The van der Waals surface area contributed by atoms with Crippen molar-refractivity contribution in [1.29, 1.82) is 0 Å². The highest BCUT2D eigenvalue weighted by molar-refractivity contribution is 9.10. The van der Waals surface area contributed by atoms with Gasteiger partial charge in [-0.15, -0.1) is 0 Å². The molecule has 1 amide bonds. The van der Waals surface area contributed by atoms with Crippen LogP contribution >= 0.6 is 15.9 Å². The molecule has 1 aliphatic carbocycles. The lowest BCUT2D eigenvalue weighted by molar-refractivity contribution is -0.119. The minimum Gasteiger partial charge on any atom is -0.338 e. The van der Waals surface area contributed by atoms with Crippen molar-refractivity contribution >= 4 is 21.8 Å². The zero-order chi connectivity index (χ0) is 8.32. The highest BCUT2D eigenvalue weighted by Crippen LogP contribution is 2.24. The average molecular weight is 216 g/mol. The van der Waals surface area contributed by atoms with Crippen molar-refractivity contribution in [1.82, 2.24) is 5.32 Å². The number of halogens is 1. The SMILES string of the molecule is CC(=O)NC1(Br)C=CC=CC1. The van der Waals surface area contributed by atoms with Gasteiger partial charge in [-0.2, -0.15) is 0 Å². The van der Waals surface area contributed by atoms with Crippen molar-refractivity contribution in [3.8, 4) is 0 Å². The third kappa shape index (κ3) is 2.50. The van der Waals surface area contributed by atoms with E-state index in [1.54, 1.807) is 0 Å². The van der Waals surface area contributed by atoms with Crippen LogP contribution in [0.4, 0.5) is 0 Å². The van der Waals surface area contributed by atoms with Crippen molar-refractivity contribution in [3.05, 3.63) is 24.3 Å². The van der Waals surface area contributed by atoms with Gasteiger partial charge < -0.3 is 5.32 Å². The first-order chi connectivity index (χ1) is 5.12. The van der Waals surface area contributed by atoms with Crippen LogP contribution in [0.25, 0.3) is 0 Å². The van der Waals surface area contributed by atoms with Crippen molar-refractivity contribution in [2.75, 3.05) is 0 Å². The number of alkyl halides is 1. The molecule has 0 fully saturated rings. The monoisotopic (exact) mass is 215 g/mol. The Balaban J connectivity index is 2.61. The summed E-state index contributed by atoms with van der Waals surface area (Å²) in [7, 11) is 0. The average Bonchev–Trinajstić information content (AvgIpc) is 1.85. The molecule has 1 aliphatic rings. The Morgan fingerprint density at radius 3 is 2.82 bits per heavy atom. The van der Waals surface area contributed by atoms with Crippen molar-refractivity contribution < 1.29 is 4.79 Å². The Kier molecular flexibility index (Phi) is 2.49. The summed E-state index contributed by atoms with van der Waals surface area (Å²) in [5, 5.41) is 2.80. The van der Waals surface area contributed by atoms with Crippen molar-refractivity contribution in [2.45, 2.75) is 17.8 Å². The second kappa shape index (κ2) is 3.22. The first-order valence-electron chi connectivity index (χ1n) is 3.44. The number of rotatable bonds is 1. The molecule has 11 heavy (non-hydrogen) atoms. The largest absolute Gasteiger partial charge is 0.338 e. The lowest BCUT2D eigenvalue weighted by Gasteiger charge is -2.24. The second-order valence-electron chi connectivity index (χ2n) is 2.54. The summed E-state index contributed by atoms with van der Waals surface area (Å²) in [4.78, 5) is 10.7. The maximum Gasteiger partial charge on any atom is 0.218 e. The molecular weight excluding hydrogens is 206 g/mol. The van der Waals surface area contributed by atoms with E-state index < -0.39 is 0 Å². The Bertz CT molecular complexity index is 222.